The minimum absolute atomic E-state index is 0.122. The molecule has 0 saturated heterocycles. The zero-order chi connectivity index (χ0) is 18.3. The van der Waals surface area contributed by atoms with Crippen LogP contribution in [0.5, 0.6) is 11.5 Å². The van der Waals surface area contributed by atoms with E-state index < -0.39 is 0 Å². The van der Waals surface area contributed by atoms with Gasteiger partial charge in [-0.05, 0) is 31.5 Å². The largest absolute Gasteiger partial charge is 0.486 e. The number of rotatable bonds is 7. The van der Waals surface area contributed by atoms with Crippen molar-refractivity contribution in [3.05, 3.63) is 23.8 Å². The van der Waals surface area contributed by atoms with Gasteiger partial charge in [-0.3, -0.25) is 4.99 Å². The van der Waals surface area contributed by atoms with Crippen molar-refractivity contribution in [3.8, 4) is 11.5 Å². The molecule has 0 radical (unpaired) electrons. The highest BCUT2D eigenvalue weighted by atomic mass is 16.6. The first-order chi connectivity index (χ1) is 12.0. The van der Waals surface area contributed by atoms with Crippen LogP contribution in [0.2, 0.25) is 0 Å². The summed E-state index contributed by atoms with van der Waals surface area (Å²) in [6.07, 6.45) is 0. The Kier molecular flexibility index (Phi) is 6.93. The third-order valence-electron chi connectivity index (χ3n) is 4.10. The lowest BCUT2D eigenvalue weighted by molar-refractivity contribution is 0.171. The van der Waals surface area contributed by atoms with E-state index in [1.807, 2.05) is 6.07 Å². The quantitative estimate of drug-likeness (QED) is 0.584. The minimum Gasteiger partial charge on any atom is -0.486 e. The molecule has 1 atom stereocenters. The normalized spacial score (nSPS) is 15.6. The van der Waals surface area contributed by atoms with Crippen molar-refractivity contribution in [3.63, 3.8) is 0 Å². The number of hydrogen-bond donors (Lipinski definition) is 2. The minimum atomic E-state index is -0.122. The molecule has 2 rings (SSSR count). The fraction of sp³-hybridized carbons (Fsp3) is 0.632. The van der Waals surface area contributed by atoms with Gasteiger partial charge in [0.15, 0.2) is 17.5 Å². The van der Waals surface area contributed by atoms with Gasteiger partial charge >= 0.3 is 0 Å². The Morgan fingerprint density at radius 1 is 1.28 bits per heavy atom. The predicted octanol–water partition coefficient (Wildman–Crippen LogP) is 2.33. The van der Waals surface area contributed by atoms with Gasteiger partial charge in [0.25, 0.3) is 0 Å². The Labute approximate surface area is 151 Å². The number of fused-ring (bicyclic) bond motifs is 1. The van der Waals surface area contributed by atoms with Crippen LogP contribution in [-0.2, 0) is 10.2 Å². The Morgan fingerprint density at radius 2 is 2.00 bits per heavy atom. The first-order valence-corrected chi connectivity index (χ1v) is 8.90. The van der Waals surface area contributed by atoms with Crippen LogP contribution < -0.4 is 20.1 Å². The lowest BCUT2D eigenvalue weighted by Crippen LogP contribution is -2.44. The van der Waals surface area contributed by atoms with E-state index in [1.165, 1.54) is 5.56 Å². The second kappa shape index (κ2) is 8.94. The molecular formula is C19H31N3O3. The summed E-state index contributed by atoms with van der Waals surface area (Å²) in [5.41, 5.74) is 1.06. The van der Waals surface area contributed by atoms with Gasteiger partial charge in [-0.25, -0.2) is 0 Å². The van der Waals surface area contributed by atoms with Crippen molar-refractivity contribution < 1.29 is 14.2 Å². The molecule has 0 amide bonds. The van der Waals surface area contributed by atoms with Crippen LogP contribution in [-0.4, -0.2) is 52.0 Å². The zero-order valence-electron chi connectivity index (χ0n) is 16.0. The monoisotopic (exact) mass is 349 g/mol. The van der Waals surface area contributed by atoms with Crippen LogP contribution >= 0.6 is 0 Å². The fourth-order valence-electron chi connectivity index (χ4n) is 2.68. The third kappa shape index (κ3) is 5.53. The first-order valence-electron chi connectivity index (χ1n) is 8.90. The van der Waals surface area contributed by atoms with Crippen molar-refractivity contribution in [2.24, 2.45) is 4.99 Å². The molecule has 0 bridgehead atoms. The van der Waals surface area contributed by atoms with Crippen molar-refractivity contribution in [2.45, 2.75) is 39.2 Å². The van der Waals surface area contributed by atoms with Crippen LogP contribution in [0.25, 0.3) is 0 Å². The van der Waals surface area contributed by atoms with Crippen LogP contribution in [0, 0.1) is 0 Å². The maximum absolute atomic E-state index is 5.70. The van der Waals surface area contributed by atoms with Gasteiger partial charge in [0.2, 0.25) is 0 Å². The highest BCUT2D eigenvalue weighted by Gasteiger charge is 2.23. The van der Waals surface area contributed by atoms with E-state index in [0.29, 0.717) is 26.4 Å². The standard InChI is InChI=1S/C19H31N3O3/c1-6-20-18(22-14(2)12-23-5)21-13-19(3,4)15-7-8-16-17(11-15)25-10-9-24-16/h7-8,11,14H,6,9-10,12-13H2,1-5H3,(H2,20,21,22). The van der Waals surface area contributed by atoms with Gasteiger partial charge in [-0.1, -0.05) is 19.9 Å². The summed E-state index contributed by atoms with van der Waals surface area (Å²) in [5, 5.41) is 6.65. The van der Waals surface area contributed by atoms with Crippen molar-refractivity contribution in [1.29, 1.82) is 0 Å². The summed E-state index contributed by atoms with van der Waals surface area (Å²) >= 11 is 0. The fourth-order valence-corrected chi connectivity index (χ4v) is 2.68. The van der Waals surface area contributed by atoms with Gasteiger partial charge in [0.1, 0.15) is 13.2 Å². The van der Waals surface area contributed by atoms with E-state index in [2.05, 4.69) is 50.5 Å². The molecule has 0 spiro atoms. The molecule has 6 heteroatoms. The average Bonchev–Trinajstić information content (AvgIpc) is 2.60. The summed E-state index contributed by atoms with van der Waals surface area (Å²) < 4.78 is 16.5. The number of methoxy groups -OCH3 is 1. The highest BCUT2D eigenvalue weighted by Crippen LogP contribution is 2.35. The molecule has 0 aliphatic carbocycles. The van der Waals surface area contributed by atoms with E-state index >= 15 is 0 Å². The molecule has 2 N–H and O–H groups in total. The lowest BCUT2D eigenvalue weighted by atomic mass is 9.84. The Hall–Kier alpha value is -1.95. The van der Waals surface area contributed by atoms with Crippen molar-refractivity contribution in [1.82, 2.24) is 10.6 Å². The number of ether oxygens (including phenoxy) is 3. The number of nitrogens with one attached hydrogen (secondary N) is 2. The van der Waals surface area contributed by atoms with E-state index in [0.717, 1.165) is 24.0 Å². The summed E-state index contributed by atoms with van der Waals surface area (Å²) in [6, 6.07) is 6.34. The number of hydrogen-bond acceptors (Lipinski definition) is 4. The predicted molar refractivity (Wildman–Crippen MR) is 101 cm³/mol. The molecule has 1 heterocycles. The van der Waals surface area contributed by atoms with E-state index in [1.54, 1.807) is 7.11 Å². The molecule has 1 unspecified atom stereocenters. The number of benzene rings is 1. The molecular weight excluding hydrogens is 318 g/mol. The van der Waals surface area contributed by atoms with Gasteiger partial charge in [0, 0.05) is 25.1 Å². The molecule has 1 aliphatic heterocycles. The molecule has 0 saturated carbocycles. The third-order valence-corrected chi connectivity index (χ3v) is 4.10. The molecule has 1 aromatic carbocycles. The van der Waals surface area contributed by atoms with Crippen LogP contribution in [0.15, 0.2) is 23.2 Å². The van der Waals surface area contributed by atoms with E-state index in [-0.39, 0.29) is 11.5 Å². The number of guanidine groups is 1. The second-order valence-electron chi connectivity index (χ2n) is 6.94. The number of nitrogens with zero attached hydrogens (tertiary/aromatic N) is 1. The van der Waals surface area contributed by atoms with Gasteiger partial charge in [0.05, 0.1) is 13.2 Å². The Morgan fingerprint density at radius 3 is 2.68 bits per heavy atom. The van der Waals surface area contributed by atoms with E-state index in [9.17, 15) is 0 Å². The van der Waals surface area contributed by atoms with Crippen LogP contribution in [0.1, 0.15) is 33.3 Å². The van der Waals surface area contributed by atoms with Crippen LogP contribution in [0.3, 0.4) is 0 Å². The highest BCUT2D eigenvalue weighted by molar-refractivity contribution is 5.80. The maximum atomic E-state index is 5.70. The smallest absolute Gasteiger partial charge is 0.191 e. The molecule has 25 heavy (non-hydrogen) atoms. The van der Waals surface area contributed by atoms with Gasteiger partial charge in [-0.2, -0.15) is 0 Å². The van der Waals surface area contributed by atoms with Crippen molar-refractivity contribution in [2.75, 3.05) is 40.0 Å². The summed E-state index contributed by atoms with van der Waals surface area (Å²) in [5.74, 6) is 2.44. The Balaban J connectivity index is 2.09. The SMILES string of the molecule is CCNC(=NCC(C)(C)c1ccc2c(c1)OCCO2)NC(C)COC. The average molecular weight is 349 g/mol. The second-order valence-corrected chi connectivity index (χ2v) is 6.94. The molecule has 0 fully saturated rings. The summed E-state index contributed by atoms with van der Waals surface area (Å²) in [4.78, 5) is 4.76. The number of aliphatic imine (C=N–C) groups is 1. The Bertz CT molecular complexity index is 587. The van der Waals surface area contributed by atoms with Crippen molar-refractivity contribution >= 4 is 5.96 Å². The molecule has 1 aromatic rings. The maximum Gasteiger partial charge on any atom is 0.191 e. The lowest BCUT2D eigenvalue weighted by Gasteiger charge is -2.27. The topological polar surface area (TPSA) is 64.1 Å². The summed E-state index contributed by atoms with van der Waals surface area (Å²) in [7, 11) is 1.70. The molecule has 0 aromatic heterocycles. The first kappa shape index (κ1) is 19.4. The molecule has 6 nitrogen and oxygen atoms in total. The van der Waals surface area contributed by atoms with Gasteiger partial charge < -0.3 is 24.8 Å². The van der Waals surface area contributed by atoms with Crippen LogP contribution in [0.4, 0.5) is 0 Å². The summed E-state index contributed by atoms with van der Waals surface area (Å²) in [6.45, 7) is 11.8. The van der Waals surface area contributed by atoms with E-state index in [4.69, 9.17) is 19.2 Å². The zero-order valence-corrected chi connectivity index (χ0v) is 16.0. The molecule has 140 valence electrons. The molecule has 1 aliphatic rings. The van der Waals surface area contributed by atoms with Gasteiger partial charge in [-0.15, -0.1) is 0 Å².